The monoisotopic (exact) mass is 191 g/mol. The van der Waals surface area contributed by atoms with Crippen molar-refractivity contribution in [2.75, 3.05) is 13.7 Å². The predicted molar refractivity (Wildman–Crippen MR) is 43.1 cm³/mol. The molecule has 3 N–H and O–H groups in total. The number of rotatable bonds is 5. The number of amides is 1. The third-order valence-corrected chi connectivity index (χ3v) is 1.48. The average Bonchev–Trinajstić information content (AvgIpc) is 2.11. The summed E-state index contributed by atoms with van der Waals surface area (Å²) in [7, 11) is 1.36. The number of hydrogen-bond donors (Lipinski definition) is 3. The summed E-state index contributed by atoms with van der Waals surface area (Å²) in [5, 5.41) is 19.3. The van der Waals surface area contributed by atoms with E-state index >= 15 is 0 Å². The van der Waals surface area contributed by atoms with E-state index in [1.54, 1.807) is 0 Å². The topological polar surface area (TPSA) is 95.9 Å². The minimum atomic E-state index is -1.58. The van der Waals surface area contributed by atoms with Crippen molar-refractivity contribution >= 4 is 11.9 Å². The molecule has 0 aliphatic rings. The molecule has 0 aromatic carbocycles. The number of nitrogens with one attached hydrogen (secondary N) is 1. The lowest BCUT2D eigenvalue weighted by Crippen LogP contribution is -2.41. The van der Waals surface area contributed by atoms with E-state index in [9.17, 15) is 9.59 Å². The van der Waals surface area contributed by atoms with Gasteiger partial charge >= 0.3 is 5.97 Å². The maximum Gasteiger partial charge on any atom is 0.334 e. The van der Waals surface area contributed by atoms with Crippen LogP contribution in [0.4, 0.5) is 0 Å². The standard InChI is InChI=1S/C7H13NO5/c1-4(13-2)6(10)8-3-5(9)7(11)12/h4-5,9H,3H2,1-2H3,(H,8,10)(H,11,12)/t4?,5-/m0/s1. The molecule has 0 bridgehead atoms. The Morgan fingerprint density at radius 2 is 2.08 bits per heavy atom. The number of aliphatic hydroxyl groups is 1. The first-order chi connectivity index (χ1) is 5.99. The van der Waals surface area contributed by atoms with E-state index in [2.05, 4.69) is 10.1 Å². The Kier molecular flexibility index (Phi) is 5.01. The molecule has 0 heterocycles. The van der Waals surface area contributed by atoms with E-state index in [0.717, 1.165) is 0 Å². The highest BCUT2D eigenvalue weighted by molar-refractivity contribution is 5.81. The molecule has 0 aromatic heterocycles. The number of aliphatic hydroxyl groups excluding tert-OH is 1. The van der Waals surface area contributed by atoms with Crippen LogP contribution >= 0.6 is 0 Å². The molecule has 6 heteroatoms. The van der Waals surface area contributed by atoms with E-state index in [0.29, 0.717) is 0 Å². The first-order valence-electron chi connectivity index (χ1n) is 3.70. The van der Waals surface area contributed by atoms with Crippen molar-refractivity contribution in [3.05, 3.63) is 0 Å². The third kappa shape index (κ3) is 4.44. The second kappa shape index (κ2) is 5.50. The van der Waals surface area contributed by atoms with Crippen LogP contribution in [0.3, 0.4) is 0 Å². The first kappa shape index (κ1) is 11.9. The highest BCUT2D eigenvalue weighted by atomic mass is 16.5. The summed E-state index contributed by atoms with van der Waals surface area (Å²) in [6, 6.07) is 0. The number of ether oxygens (including phenoxy) is 1. The van der Waals surface area contributed by atoms with Gasteiger partial charge in [-0.3, -0.25) is 4.79 Å². The zero-order chi connectivity index (χ0) is 10.4. The summed E-state index contributed by atoms with van der Waals surface area (Å²) >= 11 is 0. The fraction of sp³-hybridized carbons (Fsp3) is 0.714. The van der Waals surface area contributed by atoms with E-state index in [1.807, 2.05) is 0 Å². The molecule has 13 heavy (non-hydrogen) atoms. The molecule has 2 atom stereocenters. The van der Waals surface area contributed by atoms with E-state index in [1.165, 1.54) is 14.0 Å². The summed E-state index contributed by atoms with van der Waals surface area (Å²) in [5.41, 5.74) is 0. The number of hydrogen-bond acceptors (Lipinski definition) is 4. The molecule has 6 nitrogen and oxygen atoms in total. The fourth-order valence-electron chi connectivity index (χ4n) is 0.535. The summed E-state index contributed by atoms with van der Waals surface area (Å²) < 4.78 is 4.66. The van der Waals surface area contributed by atoms with Crippen LogP contribution in [0.1, 0.15) is 6.92 Å². The SMILES string of the molecule is COC(C)C(=O)NC[C@H](O)C(=O)O. The average molecular weight is 191 g/mol. The maximum atomic E-state index is 11.0. The van der Waals surface area contributed by atoms with Crippen LogP contribution in [0.5, 0.6) is 0 Å². The van der Waals surface area contributed by atoms with Crippen LogP contribution in [0, 0.1) is 0 Å². The van der Waals surface area contributed by atoms with Crippen LogP contribution in [0.2, 0.25) is 0 Å². The molecule has 0 saturated carbocycles. The third-order valence-electron chi connectivity index (χ3n) is 1.48. The van der Waals surface area contributed by atoms with Crippen molar-refractivity contribution < 1.29 is 24.5 Å². The fourth-order valence-corrected chi connectivity index (χ4v) is 0.535. The van der Waals surface area contributed by atoms with Gasteiger partial charge in [0, 0.05) is 7.11 Å². The Hall–Kier alpha value is -1.14. The summed E-state index contributed by atoms with van der Waals surface area (Å²) in [6.45, 7) is 1.20. The van der Waals surface area contributed by atoms with Crippen molar-refractivity contribution in [2.24, 2.45) is 0 Å². The van der Waals surface area contributed by atoms with Crippen molar-refractivity contribution in [1.29, 1.82) is 0 Å². The van der Waals surface area contributed by atoms with E-state index < -0.39 is 24.1 Å². The Labute approximate surface area is 75.5 Å². The van der Waals surface area contributed by atoms with Gasteiger partial charge in [-0.15, -0.1) is 0 Å². The van der Waals surface area contributed by atoms with E-state index in [-0.39, 0.29) is 6.54 Å². The predicted octanol–water partition coefficient (Wildman–Crippen LogP) is -1.42. The molecular weight excluding hydrogens is 178 g/mol. The summed E-state index contributed by atoms with van der Waals surface area (Å²) in [4.78, 5) is 21.1. The van der Waals surface area contributed by atoms with Crippen LogP contribution in [0.15, 0.2) is 0 Å². The second-order valence-corrected chi connectivity index (χ2v) is 2.48. The van der Waals surface area contributed by atoms with Crippen LogP contribution in [0.25, 0.3) is 0 Å². The quantitative estimate of drug-likeness (QED) is 0.495. The van der Waals surface area contributed by atoms with Crippen molar-refractivity contribution in [1.82, 2.24) is 5.32 Å². The number of carboxylic acids is 1. The second-order valence-electron chi connectivity index (χ2n) is 2.48. The molecule has 0 aromatic rings. The zero-order valence-electron chi connectivity index (χ0n) is 7.48. The molecule has 76 valence electrons. The maximum absolute atomic E-state index is 11.0. The number of carbonyl (C=O) groups is 2. The van der Waals surface area contributed by atoms with Crippen molar-refractivity contribution in [2.45, 2.75) is 19.1 Å². The number of methoxy groups -OCH3 is 1. The number of carboxylic acid groups (broad SMARTS) is 1. The van der Waals surface area contributed by atoms with Crippen LogP contribution in [-0.2, 0) is 14.3 Å². The van der Waals surface area contributed by atoms with Gasteiger partial charge in [0.1, 0.15) is 6.10 Å². The molecule has 0 rings (SSSR count). The van der Waals surface area contributed by atoms with Crippen LogP contribution < -0.4 is 5.32 Å². The first-order valence-corrected chi connectivity index (χ1v) is 3.70. The molecule has 0 radical (unpaired) electrons. The Bertz CT molecular complexity index is 193. The lowest BCUT2D eigenvalue weighted by molar-refractivity contribution is -0.146. The number of aliphatic carboxylic acids is 1. The molecule has 1 amide bonds. The Balaban J connectivity index is 3.76. The van der Waals surface area contributed by atoms with Gasteiger partial charge in [-0.05, 0) is 6.92 Å². The van der Waals surface area contributed by atoms with Gasteiger partial charge in [0.2, 0.25) is 5.91 Å². The van der Waals surface area contributed by atoms with Gasteiger partial charge in [-0.1, -0.05) is 0 Å². The van der Waals surface area contributed by atoms with Gasteiger partial charge in [-0.25, -0.2) is 4.79 Å². The summed E-state index contributed by atoms with van der Waals surface area (Å²) in [6.07, 6.45) is -2.23. The molecule has 0 fully saturated rings. The molecular formula is C7H13NO5. The van der Waals surface area contributed by atoms with Crippen LogP contribution in [-0.4, -0.2) is 48.0 Å². The lowest BCUT2D eigenvalue weighted by Gasteiger charge is -2.11. The number of carbonyl (C=O) groups excluding carboxylic acids is 1. The Morgan fingerprint density at radius 1 is 1.54 bits per heavy atom. The molecule has 0 aliphatic carbocycles. The summed E-state index contributed by atoms with van der Waals surface area (Å²) in [5.74, 6) is -1.83. The zero-order valence-corrected chi connectivity index (χ0v) is 7.48. The van der Waals surface area contributed by atoms with Gasteiger partial charge in [-0.2, -0.15) is 0 Å². The minimum absolute atomic E-state index is 0.318. The van der Waals surface area contributed by atoms with E-state index in [4.69, 9.17) is 10.2 Å². The largest absolute Gasteiger partial charge is 0.479 e. The normalized spacial score (nSPS) is 14.7. The van der Waals surface area contributed by atoms with Gasteiger partial charge in [0.25, 0.3) is 0 Å². The van der Waals surface area contributed by atoms with Crippen molar-refractivity contribution in [3.8, 4) is 0 Å². The van der Waals surface area contributed by atoms with Gasteiger partial charge in [0.15, 0.2) is 6.10 Å². The molecule has 0 spiro atoms. The minimum Gasteiger partial charge on any atom is -0.479 e. The van der Waals surface area contributed by atoms with Gasteiger partial charge in [0.05, 0.1) is 6.54 Å². The smallest absolute Gasteiger partial charge is 0.334 e. The lowest BCUT2D eigenvalue weighted by atomic mass is 10.3. The highest BCUT2D eigenvalue weighted by Crippen LogP contribution is 1.87. The van der Waals surface area contributed by atoms with Crippen molar-refractivity contribution in [3.63, 3.8) is 0 Å². The molecule has 1 unspecified atom stereocenters. The Morgan fingerprint density at radius 3 is 2.46 bits per heavy atom. The highest BCUT2D eigenvalue weighted by Gasteiger charge is 2.16. The van der Waals surface area contributed by atoms with Gasteiger partial charge < -0.3 is 20.3 Å². The molecule has 0 saturated heterocycles. The molecule has 0 aliphatic heterocycles.